The Balaban J connectivity index is 2.33. The minimum atomic E-state index is -1.17. The number of aliphatic hydroxyl groups excluding tert-OH is 1. The van der Waals surface area contributed by atoms with Crippen LogP contribution in [0.2, 0.25) is 5.15 Å². The van der Waals surface area contributed by atoms with E-state index in [9.17, 15) is 9.90 Å². The van der Waals surface area contributed by atoms with E-state index < -0.39 is 17.5 Å². The van der Waals surface area contributed by atoms with Crippen molar-refractivity contribution in [3.8, 4) is 0 Å². The molecule has 1 aromatic heterocycles. The van der Waals surface area contributed by atoms with Crippen molar-refractivity contribution in [2.24, 2.45) is 0 Å². The third-order valence-electron chi connectivity index (χ3n) is 3.03. The Labute approximate surface area is 98.2 Å². The summed E-state index contributed by atoms with van der Waals surface area (Å²) in [4.78, 5) is 15.3. The number of rotatable bonds is 3. The van der Waals surface area contributed by atoms with Crippen LogP contribution in [0.1, 0.15) is 18.4 Å². The van der Waals surface area contributed by atoms with Crippen LogP contribution in [0.5, 0.6) is 0 Å². The lowest BCUT2D eigenvalue weighted by Crippen LogP contribution is -2.35. The fraction of sp³-hybridized carbons (Fsp3) is 0.455. The lowest BCUT2D eigenvalue weighted by Gasteiger charge is -2.20. The number of nitrogens with zero attached hydrogens (tertiary/aromatic N) is 1. The van der Waals surface area contributed by atoms with Gasteiger partial charge in [0, 0.05) is 11.6 Å². The summed E-state index contributed by atoms with van der Waals surface area (Å²) in [5, 5.41) is 10.3. The molecule has 1 N–H and O–H groups in total. The molecule has 16 heavy (non-hydrogen) atoms. The highest BCUT2D eigenvalue weighted by molar-refractivity contribution is 6.30. The van der Waals surface area contributed by atoms with Crippen LogP contribution in [-0.4, -0.2) is 29.3 Å². The van der Waals surface area contributed by atoms with Crippen molar-refractivity contribution in [3.63, 3.8) is 0 Å². The van der Waals surface area contributed by atoms with Crippen molar-refractivity contribution in [1.29, 1.82) is 0 Å². The molecule has 1 aromatic rings. The first kappa shape index (κ1) is 11.4. The average Bonchev–Trinajstić information content (AvgIpc) is 3.09. The molecule has 1 aliphatic rings. The summed E-state index contributed by atoms with van der Waals surface area (Å²) < 4.78 is 4.55. The maximum atomic E-state index is 11.3. The lowest BCUT2D eigenvalue weighted by molar-refractivity contribution is -0.152. The van der Waals surface area contributed by atoms with Gasteiger partial charge in [-0.25, -0.2) is 9.78 Å². The standard InChI is InChI=1S/C11H12ClNO3/c1-16-10(15)8(14)11(4-5-11)7-3-2-6-13-9(7)12/h2-3,6,8,14H,4-5H2,1H3. The third kappa shape index (κ3) is 1.68. The van der Waals surface area contributed by atoms with E-state index in [-0.39, 0.29) is 0 Å². The van der Waals surface area contributed by atoms with E-state index in [4.69, 9.17) is 11.6 Å². The van der Waals surface area contributed by atoms with Gasteiger partial charge >= 0.3 is 5.97 Å². The smallest absolute Gasteiger partial charge is 0.335 e. The minimum Gasteiger partial charge on any atom is -0.467 e. The summed E-state index contributed by atoms with van der Waals surface area (Å²) in [5.41, 5.74) is 0.118. The largest absolute Gasteiger partial charge is 0.467 e. The van der Waals surface area contributed by atoms with Gasteiger partial charge in [0.2, 0.25) is 0 Å². The number of aliphatic hydroxyl groups is 1. The van der Waals surface area contributed by atoms with Crippen LogP contribution < -0.4 is 0 Å². The van der Waals surface area contributed by atoms with Crippen molar-refractivity contribution in [1.82, 2.24) is 4.98 Å². The minimum absolute atomic E-state index is 0.336. The number of carbonyl (C=O) groups excluding carboxylic acids is 1. The third-order valence-corrected chi connectivity index (χ3v) is 3.33. The van der Waals surface area contributed by atoms with Crippen LogP contribution >= 0.6 is 11.6 Å². The predicted octanol–water partition coefficient (Wildman–Crippen LogP) is 1.30. The molecule has 1 heterocycles. The summed E-state index contributed by atoms with van der Waals surface area (Å²) in [6, 6.07) is 3.53. The zero-order valence-electron chi connectivity index (χ0n) is 8.81. The van der Waals surface area contributed by atoms with Crippen molar-refractivity contribution in [3.05, 3.63) is 29.0 Å². The quantitative estimate of drug-likeness (QED) is 0.640. The first-order valence-corrected chi connectivity index (χ1v) is 5.36. The zero-order valence-corrected chi connectivity index (χ0v) is 9.57. The molecule has 1 aliphatic carbocycles. The number of methoxy groups -OCH3 is 1. The monoisotopic (exact) mass is 241 g/mol. The van der Waals surface area contributed by atoms with Gasteiger partial charge < -0.3 is 9.84 Å². The Kier molecular flexibility index (Phi) is 2.86. The maximum absolute atomic E-state index is 11.3. The van der Waals surface area contributed by atoms with Crippen molar-refractivity contribution >= 4 is 17.6 Å². The van der Waals surface area contributed by atoms with Gasteiger partial charge in [0.15, 0.2) is 6.10 Å². The van der Waals surface area contributed by atoms with Crippen molar-refractivity contribution in [2.75, 3.05) is 7.11 Å². The molecule has 0 aromatic carbocycles. The molecular formula is C11H12ClNO3. The molecule has 1 unspecified atom stereocenters. The van der Waals surface area contributed by atoms with Gasteiger partial charge in [-0.1, -0.05) is 17.7 Å². The van der Waals surface area contributed by atoms with Gasteiger partial charge in [0.05, 0.1) is 7.11 Å². The van der Waals surface area contributed by atoms with Gasteiger partial charge in [0.1, 0.15) is 5.15 Å². The highest BCUT2D eigenvalue weighted by Crippen LogP contribution is 2.52. The molecule has 0 radical (unpaired) electrons. The number of ether oxygens (including phenoxy) is 1. The molecule has 0 saturated heterocycles. The van der Waals surface area contributed by atoms with E-state index in [1.165, 1.54) is 7.11 Å². The van der Waals surface area contributed by atoms with E-state index in [2.05, 4.69) is 9.72 Å². The van der Waals surface area contributed by atoms with Crippen molar-refractivity contribution < 1.29 is 14.6 Å². The summed E-state index contributed by atoms with van der Waals surface area (Å²) in [5.74, 6) is -0.627. The lowest BCUT2D eigenvalue weighted by atomic mass is 9.91. The second-order valence-electron chi connectivity index (χ2n) is 3.92. The first-order chi connectivity index (χ1) is 7.62. The molecule has 1 fully saturated rings. The fourth-order valence-corrected chi connectivity index (χ4v) is 2.23. The van der Waals surface area contributed by atoms with Gasteiger partial charge in [0.25, 0.3) is 0 Å². The van der Waals surface area contributed by atoms with E-state index >= 15 is 0 Å². The molecule has 1 saturated carbocycles. The summed E-state index contributed by atoms with van der Waals surface area (Å²) in [6.07, 6.45) is 1.84. The molecule has 0 spiro atoms. The molecule has 86 valence electrons. The molecule has 5 heteroatoms. The Morgan fingerprint density at radius 3 is 2.88 bits per heavy atom. The predicted molar refractivity (Wildman–Crippen MR) is 58.2 cm³/mol. The summed E-state index contributed by atoms with van der Waals surface area (Å²) in [6.45, 7) is 0. The van der Waals surface area contributed by atoms with Gasteiger partial charge in [-0.2, -0.15) is 0 Å². The normalized spacial score (nSPS) is 18.9. The molecule has 0 amide bonds. The van der Waals surface area contributed by atoms with Crippen LogP contribution in [0.25, 0.3) is 0 Å². The molecule has 0 bridgehead atoms. The molecule has 0 aliphatic heterocycles. The van der Waals surface area contributed by atoms with Crippen LogP contribution in [0.4, 0.5) is 0 Å². The SMILES string of the molecule is COC(=O)C(O)C1(c2cccnc2Cl)CC1. The van der Waals surface area contributed by atoms with E-state index in [0.717, 1.165) is 5.56 Å². The fourth-order valence-electron chi connectivity index (χ4n) is 1.92. The van der Waals surface area contributed by atoms with E-state index in [1.54, 1.807) is 18.3 Å². The van der Waals surface area contributed by atoms with Gasteiger partial charge in [-0.05, 0) is 24.5 Å². The topological polar surface area (TPSA) is 59.4 Å². The second kappa shape index (κ2) is 4.03. The molecular weight excluding hydrogens is 230 g/mol. The van der Waals surface area contributed by atoms with Crippen molar-refractivity contribution in [2.45, 2.75) is 24.4 Å². The van der Waals surface area contributed by atoms with E-state index in [0.29, 0.717) is 18.0 Å². The van der Waals surface area contributed by atoms with Crippen LogP contribution in [-0.2, 0) is 14.9 Å². The second-order valence-corrected chi connectivity index (χ2v) is 4.28. The van der Waals surface area contributed by atoms with Crippen LogP contribution in [0, 0.1) is 0 Å². The Morgan fingerprint density at radius 2 is 2.38 bits per heavy atom. The number of hydrogen-bond acceptors (Lipinski definition) is 4. The van der Waals surface area contributed by atoms with E-state index in [1.807, 2.05) is 0 Å². The van der Waals surface area contributed by atoms with Gasteiger partial charge in [-0.15, -0.1) is 0 Å². The number of hydrogen-bond donors (Lipinski definition) is 1. The number of carbonyl (C=O) groups is 1. The van der Waals surface area contributed by atoms with Crippen LogP contribution in [0.15, 0.2) is 18.3 Å². The molecule has 1 atom stereocenters. The Hall–Kier alpha value is -1.13. The summed E-state index contributed by atoms with van der Waals surface area (Å²) in [7, 11) is 1.26. The molecule has 4 nitrogen and oxygen atoms in total. The van der Waals surface area contributed by atoms with Gasteiger partial charge in [-0.3, -0.25) is 0 Å². The highest BCUT2D eigenvalue weighted by Gasteiger charge is 2.55. The number of esters is 1. The average molecular weight is 242 g/mol. The Morgan fingerprint density at radius 1 is 1.69 bits per heavy atom. The molecule has 2 rings (SSSR count). The maximum Gasteiger partial charge on any atom is 0.335 e. The number of pyridine rings is 1. The number of aromatic nitrogens is 1. The first-order valence-electron chi connectivity index (χ1n) is 4.99. The zero-order chi connectivity index (χ0) is 11.8. The Bertz CT molecular complexity index is 417. The number of halogens is 1. The van der Waals surface area contributed by atoms with Crippen LogP contribution in [0.3, 0.4) is 0 Å². The summed E-state index contributed by atoms with van der Waals surface area (Å²) >= 11 is 5.97. The highest BCUT2D eigenvalue weighted by atomic mass is 35.5.